The van der Waals surface area contributed by atoms with Crippen LogP contribution in [0.5, 0.6) is 5.75 Å². The van der Waals surface area contributed by atoms with Crippen LogP contribution in [-0.2, 0) is 29.0 Å². The van der Waals surface area contributed by atoms with E-state index in [2.05, 4.69) is 22.3 Å². The fourth-order valence-corrected chi connectivity index (χ4v) is 5.47. The van der Waals surface area contributed by atoms with E-state index < -0.39 is 11.6 Å². The third-order valence-electron chi connectivity index (χ3n) is 7.22. The predicted octanol–water partition coefficient (Wildman–Crippen LogP) is 4.67. The lowest BCUT2D eigenvalue weighted by Crippen LogP contribution is -2.53. The minimum atomic E-state index is -0.713. The molecule has 3 aromatic carbocycles. The Labute approximate surface area is 219 Å². The highest BCUT2D eigenvalue weighted by Gasteiger charge is 2.44. The third-order valence-corrected chi connectivity index (χ3v) is 7.22. The van der Waals surface area contributed by atoms with Gasteiger partial charge in [0.1, 0.15) is 17.8 Å². The van der Waals surface area contributed by atoms with Crippen LogP contribution in [0.1, 0.15) is 49.1 Å². The maximum absolute atomic E-state index is 14.3. The Morgan fingerprint density at radius 1 is 0.973 bits per heavy atom. The number of amides is 2. The highest BCUT2D eigenvalue weighted by Crippen LogP contribution is 2.40. The lowest BCUT2D eigenvalue weighted by molar-refractivity contribution is -0.142. The molecule has 0 fully saturated rings. The molecule has 2 atom stereocenters. The number of anilines is 1. The zero-order valence-corrected chi connectivity index (χ0v) is 22.0. The molecule has 37 heavy (non-hydrogen) atoms. The largest absolute Gasteiger partial charge is 0.497 e. The molecule has 192 valence electrons. The molecule has 1 N–H and O–H groups in total. The van der Waals surface area contributed by atoms with Gasteiger partial charge < -0.3 is 19.9 Å². The molecule has 2 aliphatic rings. The Hall–Kier alpha value is -3.80. The van der Waals surface area contributed by atoms with E-state index in [1.165, 1.54) is 11.1 Å². The number of carbonyl (C=O) groups is 2. The number of carbonyl (C=O) groups excluding carboxylic acids is 2. The van der Waals surface area contributed by atoms with Gasteiger partial charge in [-0.3, -0.25) is 9.59 Å². The molecule has 0 bridgehead atoms. The number of benzene rings is 3. The van der Waals surface area contributed by atoms with Crippen molar-refractivity contribution in [1.82, 2.24) is 10.2 Å². The monoisotopic (exact) mass is 497 g/mol. The number of hydrogen-bond donors (Lipinski definition) is 1. The molecule has 0 radical (unpaired) electrons. The molecular formula is C31H35N3O3. The number of fused-ring (bicyclic) bond motifs is 4. The number of hydrogen-bond acceptors (Lipinski definition) is 4. The lowest BCUT2D eigenvalue weighted by atomic mass is 9.93. The Balaban J connectivity index is 1.57. The van der Waals surface area contributed by atoms with Crippen LogP contribution in [0.3, 0.4) is 0 Å². The standard InChI is InChI=1S/C31H35N3O3/c1-31(2,3)32-29(35)28-25-11-7-8-12-26(25)34-20-23-10-6-5-9-22(23)19-27(34)30(36)33(28)18-17-21-13-15-24(37-4)16-14-21/h5-16,27-28H,17-20H2,1-4H3,(H,32,35). The van der Waals surface area contributed by atoms with Crippen molar-refractivity contribution < 1.29 is 14.3 Å². The van der Waals surface area contributed by atoms with Gasteiger partial charge in [0.05, 0.1) is 7.11 Å². The van der Waals surface area contributed by atoms with Crippen LogP contribution in [0.2, 0.25) is 0 Å². The zero-order chi connectivity index (χ0) is 26.2. The van der Waals surface area contributed by atoms with Crippen LogP contribution in [0.4, 0.5) is 5.69 Å². The number of ether oxygens (including phenoxy) is 1. The first-order valence-corrected chi connectivity index (χ1v) is 12.9. The minimum Gasteiger partial charge on any atom is -0.497 e. The lowest BCUT2D eigenvalue weighted by Gasteiger charge is -2.38. The van der Waals surface area contributed by atoms with E-state index in [-0.39, 0.29) is 17.9 Å². The Kier molecular flexibility index (Phi) is 6.67. The average molecular weight is 498 g/mol. The molecule has 2 heterocycles. The van der Waals surface area contributed by atoms with Crippen LogP contribution in [0, 0.1) is 0 Å². The third kappa shape index (κ3) is 5.06. The molecular weight excluding hydrogens is 462 g/mol. The highest BCUT2D eigenvalue weighted by molar-refractivity contribution is 5.96. The van der Waals surface area contributed by atoms with E-state index in [1.54, 1.807) is 7.11 Å². The first kappa shape index (κ1) is 24.9. The Morgan fingerprint density at radius 2 is 1.65 bits per heavy atom. The molecule has 2 unspecified atom stereocenters. The first-order valence-electron chi connectivity index (χ1n) is 12.9. The molecule has 6 heteroatoms. The van der Waals surface area contributed by atoms with Crippen molar-refractivity contribution in [3.05, 3.63) is 95.1 Å². The van der Waals surface area contributed by atoms with Gasteiger partial charge in [0.15, 0.2) is 0 Å². The van der Waals surface area contributed by atoms with Crippen molar-refractivity contribution in [2.45, 2.75) is 57.8 Å². The van der Waals surface area contributed by atoms with Crippen LogP contribution < -0.4 is 15.0 Å². The minimum absolute atomic E-state index is 0.00623. The van der Waals surface area contributed by atoms with Gasteiger partial charge in [-0.2, -0.15) is 0 Å². The molecule has 0 aromatic heterocycles. The molecule has 3 aromatic rings. The molecule has 0 saturated heterocycles. The van der Waals surface area contributed by atoms with Crippen molar-refractivity contribution in [3.8, 4) is 5.75 Å². The summed E-state index contributed by atoms with van der Waals surface area (Å²) in [6.07, 6.45) is 1.26. The van der Waals surface area contributed by atoms with E-state index >= 15 is 0 Å². The number of nitrogens with one attached hydrogen (secondary N) is 1. The Bertz CT molecular complexity index is 1300. The van der Waals surface area contributed by atoms with Crippen molar-refractivity contribution in [1.29, 1.82) is 0 Å². The summed E-state index contributed by atoms with van der Waals surface area (Å²) in [5.74, 6) is 0.635. The van der Waals surface area contributed by atoms with Crippen molar-refractivity contribution in [2.75, 3.05) is 18.6 Å². The summed E-state index contributed by atoms with van der Waals surface area (Å²) in [5, 5.41) is 3.15. The zero-order valence-electron chi connectivity index (χ0n) is 22.0. The van der Waals surface area contributed by atoms with Gasteiger partial charge in [-0.1, -0.05) is 54.6 Å². The van der Waals surface area contributed by atoms with Crippen LogP contribution in [0.15, 0.2) is 72.8 Å². The summed E-state index contributed by atoms with van der Waals surface area (Å²) in [6.45, 7) is 6.99. The van der Waals surface area contributed by atoms with Crippen molar-refractivity contribution in [3.63, 3.8) is 0 Å². The van der Waals surface area contributed by atoms with Crippen molar-refractivity contribution in [2.24, 2.45) is 0 Å². The van der Waals surface area contributed by atoms with E-state index in [4.69, 9.17) is 4.74 Å². The van der Waals surface area contributed by atoms with Gasteiger partial charge >= 0.3 is 0 Å². The van der Waals surface area contributed by atoms with Gasteiger partial charge in [-0.15, -0.1) is 0 Å². The summed E-state index contributed by atoms with van der Waals surface area (Å²) in [5.41, 5.74) is 4.91. The molecule has 0 saturated carbocycles. The second-order valence-electron chi connectivity index (χ2n) is 10.9. The smallest absolute Gasteiger partial charge is 0.247 e. The quantitative estimate of drug-likeness (QED) is 0.557. The maximum Gasteiger partial charge on any atom is 0.247 e. The molecule has 6 nitrogen and oxygen atoms in total. The second kappa shape index (κ2) is 9.92. The van der Waals surface area contributed by atoms with Crippen molar-refractivity contribution >= 4 is 17.5 Å². The predicted molar refractivity (Wildman–Crippen MR) is 146 cm³/mol. The maximum atomic E-state index is 14.3. The first-order chi connectivity index (χ1) is 17.7. The van der Waals surface area contributed by atoms with Gasteiger partial charge in [0.2, 0.25) is 11.8 Å². The highest BCUT2D eigenvalue weighted by atomic mass is 16.5. The number of rotatable bonds is 5. The number of nitrogens with zero attached hydrogens (tertiary/aromatic N) is 2. The fourth-order valence-electron chi connectivity index (χ4n) is 5.47. The molecule has 0 aliphatic carbocycles. The van der Waals surface area contributed by atoms with Gasteiger partial charge in [0, 0.05) is 36.3 Å². The second-order valence-corrected chi connectivity index (χ2v) is 10.9. The number of methoxy groups -OCH3 is 1. The van der Waals surface area contributed by atoms with E-state index in [0.717, 1.165) is 22.6 Å². The molecule has 0 spiro atoms. The molecule has 2 amide bonds. The summed E-state index contributed by atoms with van der Waals surface area (Å²) in [4.78, 5) is 32.2. The fraction of sp³-hybridized carbons (Fsp3) is 0.355. The summed E-state index contributed by atoms with van der Waals surface area (Å²) in [6, 6.07) is 23.1. The Morgan fingerprint density at radius 3 is 2.35 bits per heavy atom. The SMILES string of the molecule is COc1ccc(CCN2C(=O)C3Cc4ccccc4CN3c3ccccc3C2C(=O)NC(C)(C)C)cc1. The van der Waals surface area contributed by atoms with Gasteiger partial charge in [0.25, 0.3) is 0 Å². The van der Waals surface area contributed by atoms with E-state index in [0.29, 0.717) is 25.9 Å². The van der Waals surface area contributed by atoms with E-state index in [9.17, 15) is 9.59 Å². The van der Waals surface area contributed by atoms with Gasteiger partial charge in [-0.25, -0.2) is 0 Å². The van der Waals surface area contributed by atoms with Gasteiger partial charge in [-0.05, 0) is 62.1 Å². The summed E-state index contributed by atoms with van der Waals surface area (Å²) >= 11 is 0. The summed E-state index contributed by atoms with van der Waals surface area (Å²) in [7, 11) is 1.65. The summed E-state index contributed by atoms with van der Waals surface area (Å²) < 4.78 is 5.30. The average Bonchev–Trinajstić information content (AvgIpc) is 2.98. The molecule has 2 aliphatic heterocycles. The van der Waals surface area contributed by atoms with Crippen LogP contribution in [0.25, 0.3) is 0 Å². The van der Waals surface area contributed by atoms with Crippen LogP contribution in [-0.4, -0.2) is 41.9 Å². The van der Waals surface area contributed by atoms with E-state index in [1.807, 2.05) is 86.3 Å². The normalized spacial score (nSPS) is 18.9. The van der Waals surface area contributed by atoms with Crippen LogP contribution >= 0.6 is 0 Å². The topological polar surface area (TPSA) is 61.9 Å². The number of para-hydroxylation sites is 1. The molecule has 5 rings (SSSR count).